The van der Waals surface area contributed by atoms with Gasteiger partial charge in [-0.25, -0.2) is 13.4 Å². The van der Waals surface area contributed by atoms with Crippen LogP contribution in [0.2, 0.25) is 0 Å². The Morgan fingerprint density at radius 3 is 2.72 bits per heavy atom. The van der Waals surface area contributed by atoms with Crippen LogP contribution >= 0.6 is 11.8 Å². The average molecular weight is 475 g/mol. The van der Waals surface area contributed by atoms with Gasteiger partial charge in [-0.05, 0) is 42.7 Å². The lowest BCUT2D eigenvalue weighted by Crippen LogP contribution is -2.40. The second-order valence-corrected chi connectivity index (χ2v) is 10.4. The SMILES string of the molecule is CSc1cccc(NC(=O)CCc2nc3cc(S(=O)(=O)N4CCOCC4)ccc3n2C)c1. The summed E-state index contributed by atoms with van der Waals surface area (Å²) in [7, 11) is -1.71. The maximum atomic E-state index is 12.9. The third-order valence-corrected chi connectivity index (χ3v) is 8.10. The number of morpholine rings is 1. The number of thioether (sulfide) groups is 1. The zero-order valence-corrected chi connectivity index (χ0v) is 19.7. The number of aryl methyl sites for hydroxylation is 2. The van der Waals surface area contributed by atoms with Crippen molar-refractivity contribution in [2.45, 2.75) is 22.6 Å². The molecule has 1 aliphatic rings. The number of imidazole rings is 1. The standard InChI is InChI=1S/C22H26N4O4S2/c1-25-20-7-6-18(32(28,29)26-10-12-30-13-11-26)15-19(20)24-21(25)8-9-22(27)23-16-4-3-5-17(14-16)31-2/h3-7,14-15H,8-13H2,1-2H3,(H,23,27). The van der Waals surface area contributed by atoms with E-state index >= 15 is 0 Å². The Hall–Kier alpha value is -2.40. The van der Waals surface area contributed by atoms with Crippen molar-refractivity contribution in [3.05, 3.63) is 48.3 Å². The van der Waals surface area contributed by atoms with Crippen LogP contribution in [0.1, 0.15) is 12.2 Å². The van der Waals surface area contributed by atoms with Crippen molar-refractivity contribution >= 4 is 44.4 Å². The first-order chi connectivity index (χ1) is 15.4. The van der Waals surface area contributed by atoms with Crippen LogP contribution in [0, 0.1) is 0 Å². The van der Waals surface area contributed by atoms with Crippen molar-refractivity contribution in [3.8, 4) is 0 Å². The molecular formula is C22H26N4O4S2. The highest BCUT2D eigenvalue weighted by Crippen LogP contribution is 2.24. The summed E-state index contributed by atoms with van der Waals surface area (Å²) in [4.78, 5) is 18.3. The van der Waals surface area contributed by atoms with Crippen LogP contribution < -0.4 is 5.32 Å². The number of nitrogens with zero attached hydrogens (tertiary/aromatic N) is 3. The van der Waals surface area contributed by atoms with E-state index in [9.17, 15) is 13.2 Å². The van der Waals surface area contributed by atoms with Gasteiger partial charge in [0.05, 0.1) is 29.1 Å². The van der Waals surface area contributed by atoms with E-state index in [1.165, 1.54) is 4.31 Å². The fraction of sp³-hybridized carbons (Fsp3) is 0.364. The van der Waals surface area contributed by atoms with Gasteiger partial charge >= 0.3 is 0 Å². The Balaban J connectivity index is 1.47. The number of amides is 1. The van der Waals surface area contributed by atoms with Gasteiger partial charge in [-0.15, -0.1) is 11.8 Å². The first-order valence-corrected chi connectivity index (χ1v) is 13.0. The number of nitrogens with one attached hydrogen (secondary N) is 1. The van der Waals surface area contributed by atoms with Crippen LogP contribution in [0.3, 0.4) is 0 Å². The lowest BCUT2D eigenvalue weighted by Gasteiger charge is -2.26. The molecule has 32 heavy (non-hydrogen) atoms. The van der Waals surface area contributed by atoms with Crippen LogP contribution in [0.5, 0.6) is 0 Å². The largest absolute Gasteiger partial charge is 0.379 e. The second kappa shape index (κ2) is 9.62. The highest BCUT2D eigenvalue weighted by molar-refractivity contribution is 7.98. The smallest absolute Gasteiger partial charge is 0.243 e. The molecule has 2 heterocycles. The van der Waals surface area contributed by atoms with Crippen molar-refractivity contribution in [2.24, 2.45) is 7.05 Å². The average Bonchev–Trinajstić information content (AvgIpc) is 3.13. The van der Waals surface area contributed by atoms with Gasteiger partial charge in [0.1, 0.15) is 5.82 Å². The Bertz CT molecular complexity index is 1230. The first kappa shape index (κ1) is 22.8. The van der Waals surface area contributed by atoms with Crippen molar-refractivity contribution in [2.75, 3.05) is 37.9 Å². The number of aromatic nitrogens is 2. The number of benzene rings is 2. The molecule has 1 aliphatic heterocycles. The van der Waals surface area contributed by atoms with Gasteiger partial charge in [0, 0.05) is 43.6 Å². The molecule has 1 fully saturated rings. The maximum Gasteiger partial charge on any atom is 0.243 e. The molecule has 0 radical (unpaired) electrons. The molecule has 4 rings (SSSR count). The normalized spacial score (nSPS) is 15.2. The lowest BCUT2D eigenvalue weighted by molar-refractivity contribution is -0.116. The van der Waals surface area contributed by atoms with Crippen LogP contribution in [0.4, 0.5) is 5.69 Å². The number of sulfonamides is 1. The fourth-order valence-corrected chi connectivity index (χ4v) is 5.59. The third-order valence-electron chi connectivity index (χ3n) is 5.48. The molecule has 2 aromatic carbocycles. The Labute approximate surface area is 192 Å². The van der Waals surface area contributed by atoms with E-state index in [0.29, 0.717) is 38.2 Å². The van der Waals surface area contributed by atoms with E-state index in [4.69, 9.17) is 4.74 Å². The molecule has 0 bridgehead atoms. The van der Waals surface area contributed by atoms with Gasteiger partial charge < -0.3 is 14.6 Å². The molecule has 0 unspecified atom stereocenters. The molecule has 0 spiro atoms. The van der Waals surface area contributed by atoms with Gasteiger partial charge in [-0.3, -0.25) is 4.79 Å². The summed E-state index contributed by atoms with van der Waals surface area (Å²) in [6.07, 6.45) is 2.72. The van der Waals surface area contributed by atoms with E-state index in [1.807, 2.05) is 42.1 Å². The minimum absolute atomic E-state index is 0.0918. The molecule has 170 valence electrons. The van der Waals surface area contributed by atoms with E-state index in [0.717, 1.165) is 21.9 Å². The van der Waals surface area contributed by atoms with E-state index < -0.39 is 10.0 Å². The molecule has 1 N–H and O–H groups in total. The number of rotatable bonds is 7. The summed E-state index contributed by atoms with van der Waals surface area (Å²) in [5, 5.41) is 2.92. The van der Waals surface area contributed by atoms with Crippen molar-refractivity contribution < 1.29 is 17.9 Å². The Morgan fingerprint density at radius 2 is 1.97 bits per heavy atom. The third kappa shape index (κ3) is 4.83. The summed E-state index contributed by atoms with van der Waals surface area (Å²) in [6, 6.07) is 12.7. The van der Waals surface area contributed by atoms with E-state index in [-0.39, 0.29) is 17.2 Å². The summed E-state index contributed by atoms with van der Waals surface area (Å²) in [5.41, 5.74) is 2.20. The summed E-state index contributed by atoms with van der Waals surface area (Å²) >= 11 is 1.62. The molecule has 0 atom stereocenters. The zero-order valence-electron chi connectivity index (χ0n) is 18.1. The molecule has 1 amide bonds. The minimum atomic E-state index is -3.58. The molecule has 10 heteroatoms. The highest BCUT2D eigenvalue weighted by atomic mass is 32.2. The van der Waals surface area contributed by atoms with Crippen molar-refractivity contribution in [1.82, 2.24) is 13.9 Å². The fourth-order valence-electron chi connectivity index (χ4n) is 3.70. The number of ether oxygens (including phenoxy) is 1. The van der Waals surface area contributed by atoms with Gasteiger partial charge in [0.25, 0.3) is 0 Å². The number of hydrogen-bond acceptors (Lipinski definition) is 6. The Morgan fingerprint density at radius 1 is 1.19 bits per heavy atom. The monoisotopic (exact) mass is 474 g/mol. The number of carbonyl (C=O) groups excluding carboxylic acids is 1. The number of carbonyl (C=O) groups is 1. The van der Waals surface area contributed by atoms with Crippen LogP contribution in [-0.2, 0) is 33.0 Å². The van der Waals surface area contributed by atoms with Crippen LogP contribution in [0.25, 0.3) is 11.0 Å². The zero-order chi connectivity index (χ0) is 22.7. The summed E-state index contributed by atoms with van der Waals surface area (Å²) in [5.74, 6) is 0.639. The molecule has 0 aliphatic carbocycles. The second-order valence-electron chi connectivity index (χ2n) is 7.53. The quantitative estimate of drug-likeness (QED) is 0.529. The Kier molecular flexibility index (Phi) is 6.85. The van der Waals surface area contributed by atoms with Crippen LogP contribution in [-0.4, -0.2) is 60.7 Å². The maximum absolute atomic E-state index is 12.9. The van der Waals surface area contributed by atoms with Crippen LogP contribution in [0.15, 0.2) is 52.3 Å². The van der Waals surface area contributed by atoms with Crippen molar-refractivity contribution in [3.63, 3.8) is 0 Å². The van der Waals surface area contributed by atoms with E-state index in [2.05, 4.69) is 10.3 Å². The lowest BCUT2D eigenvalue weighted by atomic mass is 10.2. The van der Waals surface area contributed by atoms with Gasteiger partial charge in [0.15, 0.2) is 0 Å². The summed E-state index contributed by atoms with van der Waals surface area (Å²) < 4.78 is 34.5. The molecule has 1 saturated heterocycles. The van der Waals surface area contributed by atoms with Gasteiger partial charge in [-0.2, -0.15) is 4.31 Å². The number of hydrogen-bond donors (Lipinski definition) is 1. The molecular weight excluding hydrogens is 448 g/mol. The van der Waals surface area contributed by atoms with Crippen molar-refractivity contribution in [1.29, 1.82) is 0 Å². The number of fused-ring (bicyclic) bond motifs is 1. The van der Waals surface area contributed by atoms with Gasteiger partial charge in [-0.1, -0.05) is 6.07 Å². The molecule has 1 aromatic heterocycles. The molecule has 3 aromatic rings. The minimum Gasteiger partial charge on any atom is -0.379 e. The summed E-state index contributed by atoms with van der Waals surface area (Å²) in [6.45, 7) is 1.50. The molecule has 0 saturated carbocycles. The topological polar surface area (TPSA) is 93.5 Å². The predicted octanol–water partition coefficient (Wildman–Crippen LogP) is 2.89. The molecule has 8 nitrogen and oxygen atoms in total. The number of anilines is 1. The first-order valence-electron chi connectivity index (χ1n) is 10.4. The van der Waals surface area contributed by atoms with E-state index in [1.54, 1.807) is 30.0 Å². The van der Waals surface area contributed by atoms with Gasteiger partial charge in [0.2, 0.25) is 15.9 Å². The highest BCUT2D eigenvalue weighted by Gasteiger charge is 2.27. The predicted molar refractivity (Wildman–Crippen MR) is 125 cm³/mol.